The molecule has 86 valence electrons. The van der Waals surface area contributed by atoms with Crippen LogP contribution in [-0.2, 0) is 4.74 Å². The standard InChI is InChI=1S/C13H17NO2/c15-12-6-7-14-11(8-12)9-16-13(14)10-4-2-1-3-5-10/h1-5,11-13,15H,6-9H2/t11-,12+,13+/m0/s1. The summed E-state index contributed by atoms with van der Waals surface area (Å²) in [5.74, 6) is 0. The van der Waals surface area contributed by atoms with E-state index in [-0.39, 0.29) is 12.3 Å². The number of aliphatic hydroxyl groups is 1. The Morgan fingerprint density at radius 3 is 2.88 bits per heavy atom. The quantitative estimate of drug-likeness (QED) is 0.777. The molecule has 2 saturated heterocycles. The lowest BCUT2D eigenvalue weighted by atomic mass is 10.00. The zero-order valence-corrected chi connectivity index (χ0v) is 9.25. The predicted molar refractivity (Wildman–Crippen MR) is 60.9 cm³/mol. The average molecular weight is 219 g/mol. The van der Waals surface area contributed by atoms with Crippen LogP contribution in [0, 0.1) is 0 Å². The zero-order chi connectivity index (χ0) is 11.0. The molecule has 1 aromatic rings. The lowest BCUT2D eigenvalue weighted by molar-refractivity contribution is 0.00133. The van der Waals surface area contributed by atoms with Gasteiger partial charge in [-0.15, -0.1) is 0 Å². The predicted octanol–water partition coefficient (Wildman–Crippen LogP) is 1.54. The Morgan fingerprint density at radius 2 is 2.06 bits per heavy atom. The van der Waals surface area contributed by atoms with Crippen LogP contribution in [0.25, 0.3) is 0 Å². The molecule has 0 amide bonds. The van der Waals surface area contributed by atoms with E-state index in [2.05, 4.69) is 17.0 Å². The number of hydrogen-bond donors (Lipinski definition) is 1. The highest BCUT2D eigenvalue weighted by Gasteiger charge is 2.38. The van der Waals surface area contributed by atoms with Gasteiger partial charge in [-0.25, -0.2) is 0 Å². The fourth-order valence-corrected chi connectivity index (χ4v) is 2.72. The molecule has 3 heteroatoms. The number of fused-ring (bicyclic) bond motifs is 1. The van der Waals surface area contributed by atoms with Gasteiger partial charge in [0.05, 0.1) is 12.7 Å². The highest BCUT2D eigenvalue weighted by molar-refractivity contribution is 5.18. The SMILES string of the molecule is O[C@@H]1CCN2[C@H](CO[C@@H]2c2ccccc2)C1. The summed E-state index contributed by atoms with van der Waals surface area (Å²) in [4.78, 5) is 2.38. The van der Waals surface area contributed by atoms with Crippen molar-refractivity contribution in [3.05, 3.63) is 35.9 Å². The summed E-state index contributed by atoms with van der Waals surface area (Å²) in [7, 11) is 0. The van der Waals surface area contributed by atoms with Crippen molar-refractivity contribution >= 4 is 0 Å². The number of rotatable bonds is 1. The topological polar surface area (TPSA) is 32.7 Å². The lowest BCUT2D eigenvalue weighted by Gasteiger charge is -2.34. The van der Waals surface area contributed by atoms with E-state index in [0.29, 0.717) is 6.04 Å². The van der Waals surface area contributed by atoms with Crippen LogP contribution in [0.4, 0.5) is 0 Å². The Morgan fingerprint density at radius 1 is 1.25 bits per heavy atom. The minimum atomic E-state index is -0.139. The Bertz CT molecular complexity index is 354. The summed E-state index contributed by atoms with van der Waals surface area (Å²) in [5, 5.41) is 9.63. The van der Waals surface area contributed by atoms with Crippen LogP contribution >= 0.6 is 0 Å². The van der Waals surface area contributed by atoms with Crippen molar-refractivity contribution in [1.29, 1.82) is 0 Å². The molecule has 3 rings (SSSR count). The maximum absolute atomic E-state index is 9.63. The molecule has 16 heavy (non-hydrogen) atoms. The molecular weight excluding hydrogens is 202 g/mol. The maximum atomic E-state index is 9.63. The van der Waals surface area contributed by atoms with Crippen LogP contribution in [0.3, 0.4) is 0 Å². The summed E-state index contributed by atoms with van der Waals surface area (Å²) in [6.45, 7) is 1.68. The summed E-state index contributed by atoms with van der Waals surface area (Å²) in [6.07, 6.45) is 1.67. The molecule has 1 aromatic carbocycles. The van der Waals surface area contributed by atoms with Gasteiger partial charge in [0.25, 0.3) is 0 Å². The normalized spacial score (nSPS) is 34.9. The molecule has 0 aromatic heterocycles. The second kappa shape index (κ2) is 4.17. The van der Waals surface area contributed by atoms with Crippen LogP contribution in [0.1, 0.15) is 24.6 Å². The summed E-state index contributed by atoms with van der Waals surface area (Å²) >= 11 is 0. The second-order valence-corrected chi connectivity index (χ2v) is 4.67. The molecule has 0 spiro atoms. The monoisotopic (exact) mass is 219 g/mol. The molecule has 0 aliphatic carbocycles. The molecule has 2 heterocycles. The first-order valence-electron chi connectivity index (χ1n) is 5.95. The van der Waals surface area contributed by atoms with Gasteiger partial charge in [0, 0.05) is 12.6 Å². The van der Waals surface area contributed by atoms with E-state index in [4.69, 9.17) is 4.74 Å². The Labute approximate surface area is 95.6 Å². The van der Waals surface area contributed by atoms with Crippen LogP contribution in [0.5, 0.6) is 0 Å². The molecule has 0 saturated carbocycles. The van der Waals surface area contributed by atoms with Crippen LogP contribution in [0.2, 0.25) is 0 Å². The Kier molecular flexibility index (Phi) is 2.67. The van der Waals surface area contributed by atoms with Crippen LogP contribution < -0.4 is 0 Å². The average Bonchev–Trinajstić information content (AvgIpc) is 2.73. The van der Waals surface area contributed by atoms with Crippen molar-refractivity contribution in [2.45, 2.75) is 31.2 Å². The molecule has 0 radical (unpaired) electrons. The van der Waals surface area contributed by atoms with Crippen LogP contribution in [0.15, 0.2) is 30.3 Å². The smallest absolute Gasteiger partial charge is 0.137 e. The Balaban J connectivity index is 1.79. The van der Waals surface area contributed by atoms with E-state index in [9.17, 15) is 5.11 Å². The van der Waals surface area contributed by atoms with Gasteiger partial charge in [0.2, 0.25) is 0 Å². The minimum Gasteiger partial charge on any atom is -0.393 e. The van der Waals surface area contributed by atoms with Gasteiger partial charge >= 0.3 is 0 Å². The first-order valence-corrected chi connectivity index (χ1v) is 5.95. The number of benzene rings is 1. The molecule has 1 N–H and O–H groups in total. The van der Waals surface area contributed by atoms with E-state index in [1.165, 1.54) is 5.56 Å². The molecule has 2 aliphatic heterocycles. The third-order valence-corrected chi connectivity index (χ3v) is 3.57. The van der Waals surface area contributed by atoms with Crippen molar-refractivity contribution in [1.82, 2.24) is 4.90 Å². The highest BCUT2D eigenvalue weighted by Crippen LogP contribution is 2.35. The van der Waals surface area contributed by atoms with Gasteiger partial charge in [-0.3, -0.25) is 4.90 Å². The van der Waals surface area contributed by atoms with Crippen molar-refractivity contribution in [2.24, 2.45) is 0 Å². The zero-order valence-electron chi connectivity index (χ0n) is 9.25. The van der Waals surface area contributed by atoms with E-state index >= 15 is 0 Å². The van der Waals surface area contributed by atoms with Crippen molar-refractivity contribution in [2.75, 3.05) is 13.2 Å². The maximum Gasteiger partial charge on any atom is 0.137 e. The largest absolute Gasteiger partial charge is 0.393 e. The molecular formula is C13H17NO2. The number of nitrogens with zero attached hydrogens (tertiary/aromatic N) is 1. The summed E-state index contributed by atoms with van der Waals surface area (Å²) in [5.41, 5.74) is 1.22. The molecule has 0 bridgehead atoms. The second-order valence-electron chi connectivity index (χ2n) is 4.67. The van der Waals surface area contributed by atoms with Gasteiger partial charge in [-0.1, -0.05) is 30.3 Å². The van der Waals surface area contributed by atoms with Crippen molar-refractivity contribution in [3.63, 3.8) is 0 Å². The molecule has 2 fully saturated rings. The first-order chi connectivity index (χ1) is 7.84. The number of aliphatic hydroxyl groups excluding tert-OH is 1. The number of ether oxygens (including phenoxy) is 1. The van der Waals surface area contributed by atoms with Gasteiger partial charge in [0.1, 0.15) is 6.23 Å². The summed E-state index contributed by atoms with van der Waals surface area (Å²) in [6, 6.07) is 10.7. The Hall–Kier alpha value is -0.900. The van der Waals surface area contributed by atoms with Gasteiger partial charge < -0.3 is 9.84 Å². The fraction of sp³-hybridized carbons (Fsp3) is 0.538. The molecule has 3 atom stereocenters. The minimum absolute atomic E-state index is 0.0960. The number of piperidine rings is 1. The van der Waals surface area contributed by atoms with E-state index < -0.39 is 0 Å². The number of hydrogen-bond acceptors (Lipinski definition) is 3. The molecule has 3 nitrogen and oxygen atoms in total. The van der Waals surface area contributed by atoms with Crippen LogP contribution in [-0.4, -0.2) is 35.3 Å². The third kappa shape index (κ3) is 1.75. The van der Waals surface area contributed by atoms with E-state index in [1.54, 1.807) is 0 Å². The van der Waals surface area contributed by atoms with Crippen molar-refractivity contribution in [3.8, 4) is 0 Å². The molecule has 0 unspecified atom stereocenters. The highest BCUT2D eigenvalue weighted by atomic mass is 16.5. The van der Waals surface area contributed by atoms with E-state index in [0.717, 1.165) is 26.0 Å². The van der Waals surface area contributed by atoms with Gasteiger partial charge in [-0.2, -0.15) is 0 Å². The first kappa shape index (κ1) is 10.3. The van der Waals surface area contributed by atoms with Crippen molar-refractivity contribution < 1.29 is 9.84 Å². The lowest BCUT2D eigenvalue weighted by Crippen LogP contribution is -2.42. The third-order valence-electron chi connectivity index (χ3n) is 3.57. The van der Waals surface area contributed by atoms with E-state index in [1.807, 2.05) is 18.2 Å². The fourth-order valence-electron chi connectivity index (χ4n) is 2.72. The van der Waals surface area contributed by atoms with Gasteiger partial charge in [0.15, 0.2) is 0 Å². The molecule has 2 aliphatic rings. The van der Waals surface area contributed by atoms with Gasteiger partial charge in [-0.05, 0) is 18.4 Å². The summed E-state index contributed by atoms with van der Waals surface area (Å²) < 4.78 is 5.85.